The van der Waals surface area contributed by atoms with E-state index in [0.29, 0.717) is 5.92 Å². The van der Waals surface area contributed by atoms with Crippen LogP contribution in [-0.2, 0) is 4.79 Å². The lowest BCUT2D eigenvalue weighted by molar-refractivity contribution is -0.120. The number of carbonyl (C=O) groups is 1. The predicted octanol–water partition coefficient (Wildman–Crippen LogP) is 2.35. The molecule has 0 bridgehead atoms. The van der Waals surface area contributed by atoms with Crippen molar-refractivity contribution in [2.24, 2.45) is 5.92 Å². The fourth-order valence-corrected chi connectivity index (χ4v) is 3.15. The maximum atomic E-state index is 12.1. The third-order valence-electron chi connectivity index (χ3n) is 4.16. The topological polar surface area (TPSA) is 41.1 Å². The summed E-state index contributed by atoms with van der Waals surface area (Å²) in [5.41, 5.74) is 1.06. The average Bonchev–Trinajstić information content (AvgIpc) is 2.83. The smallest absolute Gasteiger partial charge is 0.243 e. The number of benzene rings is 1. The number of hydrogen-bond acceptors (Lipinski definition) is 2. The highest BCUT2D eigenvalue weighted by Crippen LogP contribution is 2.29. The summed E-state index contributed by atoms with van der Waals surface area (Å²) in [5.74, 6) is 0.730. The van der Waals surface area contributed by atoms with Crippen LogP contribution in [0.1, 0.15) is 43.7 Å². The second-order valence-corrected chi connectivity index (χ2v) is 5.39. The van der Waals surface area contributed by atoms with Crippen molar-refractivity contribution in [2.75, 3.05) is 0 Å². The van der Waals surface area contributed by atoms with Gasteiger partial charge in [0.1, 0.15) is 6.04 Å². The molecule has 1 aromatic carbocycles. The Morgan fingerprint density at radius 2 is 1.72 bits per heavy atom. The Morgan fingerprint density at radius 3 is 2.44 bits per heavy atom. The number of rotatable bonds is 2. The molecule has 2 fully saturated rings. The second kappa shape index (κ2) is 5.11. The molecule has 0 unspecified atom stereocenters. The molecule has 1 heterocycles. The molecule has 1 saturated carbocycles. The van der Waals surface area contributed by atoms with Crippen LogP contribution in [0.4, 0.5) is 0 Å². The number of nitrogens with one attached hydrogen (secondary N) is 2. The van der Waals surface area contributed by atoms with E-state index in [1.807, 2.05) is 30.3 Å². The van der Waals surface area contributed by atoms with Gasteiger partial charge in [-0.1, -0.05) is 49.6 Å². The molecule has 96 valence electrons. The Morgan fingerprint density at radius 1 is 1.00 bits per heavy atom. The van der Waals surface area contributed by atoms with E-state index in [1.165, 1.54) is 32.1 Å². The summed E-state index contributed by atoms with van der Waals surface area (Å²) >= 11 is 0. The molecule has 18 heavy (non-hydrogen) atoms. The molecule has 3 nitrogen and oxygen atoms in total. The Kier molecular flexibility index (Phi) is 3.33. The molecule has 1 aromatic rings. The first kappa shape index (κ1) is 11.7. The normalized spacial score (nSPS) is 29.2. The van der Waals surface area contributed by atoms with Gasteiger partial charge in [0, 0.05) is 0 Å². The molecule has 3 heteroatoms. The van der Waals surface area contributed by atoms with Crippen LogP contribution >= 0.6 is 0 Å². The van der Waals surface area contributed by atoms with Crippen LogP contribution < -0.4 is 10.6 Å². The molecule has 2 N–H and O–H groups in total. The minimum absolute atomic E-state index is 0.122. The summed E-state index contributed by atoms with van der Waals surface area (Å²) in [5, 5.41) is 6.59. The number of amides is 1. The van der Waals surface area contributed by atoms with E-state index in [0.717, 1.165) is 5.56 Å². The predicted molar refractivity (Wildman–Crippen MR) is 70.8 cm³/mol. The zero-order valence-corrected chi connectivity index (χ0v) is 10.6. The number of carbonyl (C=O) groups excluding carboxylic acids is 1. The maximum Gasteiger partial charge on any atom is 0.243 e. The van der Waals surface area contributed by atoms with Gasteiger partial charge in [-0.3, -0.25) is 10.1 Å². The Hall–Kier alpha value is -1.35. The zero-order chi connectivity index (χ0) is 12.4. The van der Waals surface area contributed by atoms with Crippen LogP contribution in [-0.4, -0.2) is 12.1 Å². The minimum Gasteiger partial charge on any atom is -0.339 e. The van der Waals surface area contributed by atoms with Gasteiger partial charge < -0.3 is 5.32 Å². The van der Waals surface area contributed by atoms with Crippen molar-refractivity contribution in [3.8, 4) is 0 Å². The molecule has 0 radical (unpaired) electrons. The summed E-state index contributed by atoms with van der Waals surface area (Å²) in [4.78, 5) is 12.1. The molecule has 1 saturated heterocycles. The van der Waals surface area contributed by atoms with Crippen LogP contribution in [0.3, 0.4) is 0 Å². The van der Waals surface area contributed by atoms with Crippen LogP contribution in [0, 0.1) is 5.92 Å². The van der Waals surface area contributed by atoms with Gasteiger partial charge >= 0.3 is 0 Å². The lowest BCUT2D eigenvalue weighted by atomic mass is 9.87. The third kappa shape index (κ3) is 2.27. The molecule has 1 amide bonds. The summed E-state index contributed by atoms with van der Waals surface area (Å²) < 4.78 is 0. The molecule has 2 aliphatic rings. The van der Waals surface area contributed by atoms with Crippen LogP contribution in [0.15, 0.2) is 30.3 Å². The monoisotopic (exact) mass is 244 g/mol. The van der Waals surface area contributed by atoms with Crippen molar-refractivity contribution in [1.29, 1.82) is 0 Å². The van der Waals surface area contributed by atoms with E-state index >= 15 is 0 Å². The largest absolute Gasteiger partial charge is 0.339 e. The summed E-state index contributed by atoms with van der Waals surface area (Å²) in [6.07, 6.45) is 6.59. The van der Waals surface area contributed by atoms with Gasteiger partial charge in [0.15, 0.2) is 0 Å². The molecular weight excluding hydrogens is 224 g/mol. The van der Waals surface area contributed by atoms with E-state index in [2.05, 4.69) is 10.6 Å². The standard InChI is InChI=1S/C15H20N2O/c18-15-13(11-7-3-1-4-8-11)16-14(17-15)12-9-5-2-6-10-12/h1,3-4,7-8,12-14,16H,2,5-6,9-10H2,(H,17,18)/t13-,14-/m0/s1. The van der Waals surface area contributed by atoms with E-state index in [1.54, 1.807) is 0 Å². The van der Waals surface area contributed by atoms with E-state index < -0.39 is 0 Å². The Labute approximate surface area is 108 Å². The summed E-state index contributed by atoms with van der Waals surface area (Å²) in [6, 6.07) is 9.81. The SMILES string of the molecule is O=C1N[C@@H](C2CCCCC2)N[C@H]1c1ccccc1. The van der Waals surface area contributed by atoms with Crippen LogP contribution in [0.5, 0.6) is 0 Å². The van der Waals surface area contributed by atoms with Gasteiger partial charge in [0.05, 0.1) is 6.17 Å². The third-order valence-corrected chi connectivity index (χ3v) is 4.16. The fraction of sp³-hybridized carbons (Fsp3) is 0.533. The lowest BCUT2D eigenvalue weighted by Crippen LogP contribution is -2.40. The van der Waals surface area contributed by atoms with E-state index in [4.69, 9.17) is 0 Å². The van der Waals surface area contributed by atoms with Crippen LogP contribution in [0.25, 0.3) is 0 Å². The van der Waals surface area contributed by atoms with Crippen molar-refractivity contribution in [2.45, 2.75) is 44.3 Å². The maximum absolute atomic E-state index is 12.1. The first-order valence-corrected chi connectivity index (χ1v) is 6.96. The van der Waals surface area contributed by atoms with Crippen molar-refractivity contribution < 1.29 is 4.79 Å². The number of hydrogen-bond donors (Lipinski definition) is 2. The van der Waals surface area contributed by atoms with Crippen molar-refractivity contribution in [3.63, 3.8) is 0 Å². The average molecular weight is 244 g/mol. The highest BCUT2D eigenvalue weighted by molar-refractivity contribution is 5.85. The fourth-order valence-electron chi connectivity index (χ4n) is 3.15. The van der Waals surface area contributed by atoms with E-state index in [9.17, 15) is 4.79 Å². The van der Waals surface area contributed by atoms with Gasteiger partial charge in [0.2, 0.25) is 5.91 Å². The van der Waals surface area contributed by atoms with Crippen molar-refractivity contribution in [3.05, 3.63) is 35.9 Å². The molecule has 1 aliphatic heterocycles. The summed E-state index contributed by atoms with van der Waals surface area (Å²) in [6.45, 7) is 0. The first-order valence-electron chi connectivity index (χ1n) is 6.96. The van der Waals surface area contributed by atoms with E-state index in [-0.39, 0.29) is 18.1 Å². The molecule has 0 spiro atoms. The van der Waals surface area contributed by atoms with Gasteiger partial charge in [0.25, 0.3) is 0 Å². The quantitative estimate of drug-likeness (QED) is 0.838. The molecule has 3 rings (SSSR count). The molecule has 2 atom stereocenters. The van der Waals surface area contributed by atoms with Crippen LogP contribution in [0.2, 0.25) is 0 Å². The molecule has 0 aromatic heterocycles. The zero-order valence-electron chi connectivity index (χ0n) is 10.6. The Balaban J connectivity index is 1.70. The van der Waals surface area contributed by atoms with Gasteiger partial charge in [-0.15, -0.1) is 0 Å². The highest BCUT2D eigenvalue weighted by atomic mass is 16.2. The van der Waals surface area contributed by atoms with Gasteiger partial charge in [-0.25, -0.2) is 0 Å². The molecule has 1 aliphatic carbocycles. The van der Waals surface area contributed by atoms with Crippen molar-refractivity contribution in [1.82, 2.24) is 10.6 Å². The summed E-state index contributed by atoms with van der Waals surface area (Å²) in [7, 11) is 0. The van der Waals surface area contributed by atoms with Gasteiger partial charge in [-0.2, -0.15) is 0 Å². The second-order valence-electron chi connectivity index (χ2n) is 5.39. The first-order chi connectivity index (χ1) is 8.84. The highest BCUT2D eigenvalue weighted by Gasteiger charge is 2.36. The Bertz CT molecular complexity index is 412. The van der Waals surface area contributed by atoms with Gasteiger partial charge in [-0.05, 0) is 24.3 Å². The molecular formula is C15H20N2O. The minimum atomic E-state index is -0.168. The van der Waals surface area contributed by atoms with Crippen molar-refractivity contribution >= 4 is 5.91 Å². The lowest BCUT2D eigenvalue weighted by Gasteiger charge is -2.27.